The molecule has 0 spiro atoms. The van der Waals surface area contributed by atoms with Gasteiger partial charge < -0.3 is 14.6 Å². The van der Waals surface area contributed by atoms with Crippen LogP contribution < -0.4 is 0 Å². The van der Waals surface area contributed by atoms with Gasteiger partial charge in [0.15, 0.2) is 5.65 Å². The maximum Gasteiger partial charge on any atom is 0.164 e. The number of pyridine rings is 1. The standard InChI is InChI=1S/C27H33N5O/c1-18(2)25-23-16-20(19-7-12-31(13-8-19)21-9-14-33-15-10-21)5-6-24(23)30-26(25)22-4-3-11-32-27(22)28-17-29-32/h3-6,11,16-19,21,30H,7-10,12-15H2,1-2H3. The number of piperidine rings is 1. The summed E-state index contributed by atoms with van der Waals surface area (Å²) < 4.78 is 7.42. The number of fused-ring (bicyclic) bond motifs is 2. The molecule has 6 heteroatoms. The highest BCUT2D eigenvalue weighted by molar-refractivity contribution is 5.94. The monoisotopic (exact) mass is 443 g/mol. The first kappa shape index (κ1) is 20.9. The number of aromatic amines is 1. The Bertz CT molecular complexity index is 1260. The zero-order valence-electron chi connectivity index (χ0n) is 19.6. The van der Waals surface area contributed by atoms with Crippen LogP contribution in [-0.4, -0.2) is 56.8 Å². The van der Waals surface area contributed by atoms with Crippen molar-refractivity contribution in [3.05, 3.63) is 54.0 Å². The van der Waals surface area contributed by atoms with E-state index in [4.69, 9.17) is 4.74 Å². The number of ether oxygens (including phenoxy) is 1. The summed E-state index contributed by atoms with van der Waals surface area (Å²) in [4.78, 5) is 11.0. The lowest BCUT2D eigenvalue weighted by Crippen LogP contribution is -2.43. The minimum Gasteiger partial charge on any atom is -0.381 e. The number of hydrogen-bond donors (Lipinski definition) is 1. The average Bonchev–Trinajstić information content (AvgIpc) is 3.49. The molecule has 6 nitrogen and oxygen atoms in total. The van der Waals surface area contributed by atoms with E-state index in [1.807, 2.05) is 16.8 Å². The van der Waals surface area contributed by atoms with Gasteiger partial charge in [-0.3, -0.25) is 0 Å². The molecule has 2 saturated heterocycles. The van der Waals surface area contributed by atoms with E-state index in [0.29, 0.717) is 11.8 Å². The number of nitrogens with zero attached hydrogens (tertiary/aromatic N) is 4. The van der Waals surface area contributed by atoms with Gasteiger partial charge in [0.1, 0.15) is 6.33 Å². The number of aromatic nitrogens is 4. The van der Waals surface area contributed by atoms with Gasteiger partial charge in [-0.2, -0.15) is 5.10 Å². The fourth-order valence-corrected chi connectivity index (χ4v) is 5.99. The molecular weight excluding hydrogens is 410 g/mol. The second kappa shape index (κ2) is 8.58. The second-order valence-corrected chi connectivity index (χ2v) is 9.98. The molecule has 6 rings (SSSR count). The summed E-state index contributed by atoms with van der Waals surface area (Å²) >= 11 is 0. The quantitative estimate of drug-likeness (QED) is 0.461. The Kier molecular flexibility index (Phi) is 5.43. The second-order valence-electron chi connectivity index (χ2n) is 9.98. The van der Waals surface area contributed by atoms with Gasteiger partial charge in [-0.1, -0.05) is 19.9 Å². The summed E-state index contributed by atoms with van der Waals surface area (Å²) in [6.07, 6.45) is 8.46. The van der Waals surface area contributed by atoms with E-state index < -0.39 is 0 Å². The van der Waals surface area contributed by atoms with Crippen LogP contribution in [0.15, 0.2) is 42.9 Å². The van der Waals surface area contributed by atoms with Crippen LogP contribution in [0.25, 0.3) is 27.8 Å². The first-order valence-corrected chi connectivity index (χ1v) is 12.4. The van der Waals surface area contributed by atoms with Gasteiger partial charge in [-0.25, -0.2) is 9.50 Å². The molecule has 1 aromatic carbocycles. The molecule has 4 aromatic rings. The third-order valence-corrected chi connectivity index (χ3v) is 7.72. The number of nitrogens with one attached hydrogen (secondary N) is 1. The molecule has 0 bridgehead atoms. The molecule has 2 aliphatic rings. The minimum absolute atomic E-state index is 0.405. The number of benzene rings is 1. The van der Waals surface area contributed by atoms with Crippen LogP contribution in [0.3, 0.4) is 0 Å². The molecule has 0 radical (unpaired) electrons. The zero-order chi connectivity index (χ0) is 22.4. The number of likely N-dealkylation sites (tertiary alicyclic amines) is 1. The Morgan fingerprint density at radius 3 is 2.67 bits per heavy atom. The van der Waals surface area contributed by atoms with Crippen LogP contribution in [0.5, 0.6) is 0 Å². The first-order chi connectivity index (χ1) is 16.2. The van der Waals surface area contributed by atoms with E-state index in [2.05, 4.69) is 58.1 Å². The topological polar surface area (TPSA) is 58.5 Å². The van der Waals surface area contributed by atoms with E-state index in [1.165, 1.54) is 66.5 Å². The van der Waals surface area contributed by atoms with Gasteiger partial charge in [-0.05, 0) is 86.0 Å². The lowest BCUT2D eigenvalue weighted by atomic mass is 9.86. The summed E-state index contributed by atoms with van der Waals surface area (Å²) in [5.74, 6) is 1.05. The van der Waals surface area contributed by atoms with E-state index >= 15 is 0 Å². The van der Waals surface area contributed by atoms with Gasteiger partial charge in [0, 0.05) is 41.9 Å². The number of H-pyrrole nitrogens is 1. The largest absolute Gasteiger partial charge is 0.381 e. The smallest absolute Gasteiger partial charge is 0.164 e. The minimum atomic E-state index is 0.405. The lowest BCUT2D eigenvalue weighted by Gasteiger charge is -2.39. The number of rotatable bonds is 4. The van der Waals surface area contributed by atoms with Crippen molar-refractivity contribution < 1.29 is 4.74 Å². The average molecular weight is 444 g/mol. The molecule has 2 fully saturated rings. The van der Waals surface area contributed by atoms with E-state index in [-0.39, 0.29) is 0 Å². The molecule has 0 amide bonds. The predicted molar refractivity (Wildman–Crippen MR) is 132 cm³/mol. The Morgan fingerprint density at radius 2 is 1.88 bits per heavy atom. The molecule has 0 saturated carbocycles. The highest BCUT2D eigenvalue weighted by Crippen LogP contribution is 2.39. The lowest BCUT2D eigenvalue weighted by molar-refractivity contribution is 0.0252. The Labute approximate surface area is 195 Å². The molecule has 0 unspecified atom stereocenters. The van der Waals surface area contributed by atoms with Gasteiger partial charge in [0.05, 0.1) is 5.69 Å². The molecule has 2 aliphatic heterocycles. The van der Waals surface area contributed by atoms with Crippen molar-refractivity contribution >= 4 is 16.6 Å². The molecule has 0 aliphatic carbocycles. The van der Waals surface area contributed by atoms with Crippen molar-refractivity contribution in [1.82, 2.24) is 24.5 Å². The van der Waals surface area contributed by atoms with E-state index in [0.717, 1.165) is 30.5 Å². The van der Waals surface area contributed by atoms with Crippen molar-refractivity contribution in [1.29, 1.82) is 0 Å². The van der Waals surface area contributed by atoms with Crippen LogP contribution in [0.2, 0.25) is 0 Å². The molecule has 5 heterocycles. The third-order valence-electron chi connectivity index (χ3n) is 7.72. The zero-order valence-corrected chi connectivity index (χ0v) is 19.6. The molecule has 33 heavy (non-hydrogen) atoms. The number of hydrogen-bond acceptors (Lipinski definition) is 4. The van der Waals surface area contributed by atoms with E-state index in [9.17, 15) is 0 Å². The SMILES string of the molecule is CC(C)c1c(-c2cccn3ncnc23)[nH]c2ccc(C3CCN(C4CCOCC4)CC3)cc12. The van der Waals surface area contributed by atoms with Crippen molar-refractivity contribution in [2.45, 2.75) is 57.4 Å². The van der Waals surface area contributed by atoms with Crippen molar-refractivity contribution in [3.8, 4) is 11.3 Å². The van der Waals surface area contributed by atoms with Crippen molar-refractivity contribution in [2.75, 3.05) is 26.3 Å². The Morgan fingerprint density at radius 1 is 1.06 bits per heavy atom. The summed E-state index contributed by atoms with van der Waals surface area (Å²) in [5.41, 5.74) is 7.25. The maximum atomic E-state index is 5.57. The summed E-state index contributed by atoms with van der Waals surface area (Å²) in [6.45, 7) is 8.84. The van der Waals surface area contributed by atoms with Gasteiger partial charge in [0.2, 0.25) is 0 Å². The van der Waals surface area contributed by atoms with Crippen molar-refractivity contribution in [3.63, 3.8) is 0 Å². The van der Waals surface area contributed by atoms with Crippen LogP contribution in [-0.2, 0) is 4.74 Å². The summed E-state index contributed by atoms with van der Waals surface area (Å²) in [6, 6.07) is 12.0. The molecular formula is C27H33N5O. The summed E-state index contributed by atoms with van der Waals surface area (Å²) in [7, 11) is 0. The third kappa shape index (κ3) is 3.75. The predicted octanol–water partition coefficient (Wildman–Crippen LogP) is 5.36. The first-order valence-electron chi connectivity index (χ1n) is 12.4. The molecule has 0 atom stereocenters. The Hall–Kier alpha value is -2.70. The van der Waals surface area contributed by atoms with Crippen LogP contribution in [0, 0.1) is 0 Å². The van der Waals surface area contributed by atoms with Gasteiger partial charge >= 0.3 is 0 Å². The molecule has 172 valence electrons. The fraction of sp³-hybridized carbons (Fsp3) is 0.481. The Balaban J connectivity index is 1.32. The summed E-state index contributed by atoms with van der Waals surface area (Å²) in [5, 5.41) is 5.68. The highest BCUT2D eigenvalue weighted by atomic mass is 16.5. The maximum absolute atomic E-state index is 5.57. The molecule has 3 aromatic heterocycles. The van der Waals surface area contributed by atoms with Gasteiger partial charge in [0.25, 0.3) is 0 Å². The van der Waals surface area contributed by atoms with Crippen LogP contribution >= 0.6 is 0 Å². The van der Waals surface area contributed by atoms with Gasteiger partial charge in [-0.15, -0.1) is 0 Å². The fourth-order valence-electron chi connectivity index (χ4n) is 5.99. The van der Waals surface area contributed by atoms with E-state index in [1.54, 1.807) is 6.33 Å². The van der Waals surface area contributed by atoms with Crippen LogP contribution in [0.4, 0.5) is 0 Å². The van der Waals surface area contributed by atoms with Crippen molar-refractivity contribution in [2.24, 2.45) is 0 Å². The molecule has 1 N–H and O–H groups in total. The highest BCUT2D eigenvalue weighted by Gasteiger charge is 2.28. The van der Waals surface area contributed by atoms with Crippen LogP contribution in [0.1, 0.15) is 62.5 Å². The normalized spacial score (nSPS) is 19.2.